The molecule has 0 radical (unpaired) electrons. The monoisotopic (exact) mass is 389 g/mol. The van der Waals surface area contributed by atoms with Crippen LogP contribution in [0.5, 0.6) is 0 Å². The molecule has 1 aromatic carbocycles. The fourth-order valence-corrected chi connectivity index (χ4v) is 4.25. The number of hydrogen-bond donors (Lipinski definition) is 0. The number of fused-ring (bicyclic) bond motifs is 2. The number of aromatic nitrogens is 7. The molecule has 0 unspecified atom stereocenters. The zero-order chi connectivity index (χ0) is 19.1. The van der Waals surface area contributed by atoms with Gasteiger partial charge in [-0.05, 0) is 37.1 Å². The molecule has 140 valence electrons. The largest absolute Gasteiger partial charge is 0.272 e. The van der Waals surface area contributed by atoms with Crippen molar-refractivity contribution in [3.05, 3.63) is 59.8 Å². The third kappa shape index (κ3) is 2.86. The number of nitrogens with zero attached hydrogens (tertiary/aromatic N) is 7. The Morgan fingerprint density at radius 1 is 1.07 bits per heavy atom. The molecule has 4 heterocycles. The molecule has 5 aromatic rings. The van der Waals surface area contributed by atoms with Crippen LogP contribution in [-0.4, -0.2) is 34.6 Å². The van der Waals surface area contributed by atoms with Gasteiger partial charge >= 0.3 is 0 Å². The average molecular weight is 389 g/mol. The molecule has 0 fully saturated rings. The molecule has 8 heteroatoms. The lowest BCUT2D eigenvalue weighted by Crippen LogP contribution is -1.98. The van der Waals surface area contributed by atoms with Gasteiger partial charge in [0.15, 0.2) is 10.8 Å². The summed E-state index contributed by atoms with van der Waals surface area (Å²) >= 11 is 1.55. The van der Waals surface area contributed by atoms with E-state index in [1.807, 2.05) is 27.5 Å². The highest BCUT2D eigenvalue weighted by Gasteiger charge is 2.17. The average Bonchev–Trinajstić information content (AvgIpc) is 3.42. The number of aryl methyl sites for hydroxylation is 2. The van der Waals surface area contributed by atoms with Gasteiger partial charge in [0.2, 0.25) is 4.96 Å². The lowest BCUT2D eigenvalue weighted by atomic mass is 10.1. The Morgan fingerprint density at radius 2 is 2.00 bits per heavy atom. The van der Waals surface area contributed by atoms with Gasteiger partial charge < -0.3 is 0 Å². The van der Waals surface area contributed by atoms with E-state index >= 15 is 0 Å². The van der Waals surface area contributed by atoms with Gasteiger partial charge in [0.1, 0.15) is 0 Å². The van der Waals surface area contributed by atoms with Gasteiger partial charge in [0, 0.05) is 30.7 Å². The predicted octanol–water partition coefficient (Wildman–Crippen LogP) is 3.77. The summed E-state index contributed by atoms with van der Waals surface area (Å²) in [5.41, 5.74) is 4.31. The zero-order valence-corrected chi connectivity index (χ0v) is 16.5. The first-order valence-electron chi connectivity index (χ1n) is 9.36. The Balaban J connectivity index is 1.51. The van der Waals surface area contributed by atoms with Crippen LogP contribution < -0.4 is 0 Å². The summed E-state index contributed by atoms with van der Waals surface area (Å²) in [7, 11) is 0. The van der Waals surface area contributed by atoms with E-state index in [4.69, 9.17) is 5.10 Å². The van der Waals surface area contributed by atoms with Gasteiger partial charge in [-0.2, -0.15) is 14.7 Å². The van der Waals surface area contributed by atoms with Crippen LogP contribution in [0.3, 0.4) is 0 Å². The van der Waals surface area contributed by atoms with Gasteiger partial charge in [0.05, 0.1) is 16.8 Å². The Kier molecular flexibility index (Phi) is 4.12. The van der Waals surface area contributed by atoms with Crippen molar-refractivity contribution in [2.45, 2.75) is 33.2 Å². The topological polar surface area (TPSA) is 73.8 Å². The first-order chi connectivity index (χ1) is 13.7. The van der Waals surface area contributed by atoms with Crippen molar-refractivity contribution < 1.29 is 0 Å². The quantitative estimate of drug-likeness (QED) is 0.457. The van der Waals surface area contributed by atoms with E-state index in [0.717, 1.165) is 56.5 Å². The zero-order valence-electron chi connectivity index (χ0n) is 15.7. The molecule has 0 saturated heterocycles. The third-order valence-electron chi connectivity index (χ3n) is 4.81. The molecule has 28 heavy (non-hydrogen) atoms. The Bertz CT molecular complexity index is 1280. The molecule has 5 rings (SSSR count). The minimum absolute atomic E-state index is 0.671. The lowest BCUT2D eigenvalue weighted by molar-refractivity contribution is 0.648. The Hall–Kier alpha value is -3.13. The molecule has 0 aliphatic heterocycles. The van der Waals surface area contributed by atoms with Gasteiger partial charge in [-0.25, -0.2) is 0 Å². The van der Waals surface area contributed by atoms with E-state index in [0.29, 0.717) is 6.42 Å². The summed E-state index contributed by atoms with van der Waals surface area (Å²) in [4.78, 5) is 5.18. The molecule has 0 aliphatic rings. The third-order valence-corrected chi connectivity index (χ3v) is 5.74. The second-order valence-electron chi connectivity index (χ2n) is 6.62. The van der Waals surface area contributed by atoms with Crippen LogP contribution in [0, 0.1) is 0 Å². The molecule has 0 bridgehead atoms. The molecule has 0 amide bonds. The summed E-state index contributed by atoms with van der Waals surface area (Å²) in [6.45, 7) is 5.05. The maximum atomic E-state index is 4.80. The van der Waals surface area contributed by atoms with E-state index in [2.05, 4.69) is 58.5 Å². The van der Waals surface area contributed by atoms with Gasteiger partial charge in [0.25, 0.3) is 0 Å². The minimum Gasteiger partial charge on any atom is -0.272 e. The minimum atomic E-state index is 0.671. The Morgan fingerprint density at radius 3 is 2.86 bits per heavy atom. The van der Waals surface area contributed by atoms with Crippen molar-refractivity contribution in [2.24, 2.45) is 0 Å². The first-order valence-corrected chi connectivity index (χ1v) is 10.2. The van der Waals surface area contributed by atoms with Crippen LogP contribution in [0.15, 0.2) is 42.7 Å². The van der Waals surface area contributed by atoms with Crippen LogP contribution in [0.2, 0.25) is 0 Å². The van der Waals surface area contributed by atoms with Gasteiger partial charge in [-0.15, -0.1) is 10.2 Å². The summed E-state index contributed by atoms with van der Waals surface area (Å²) < 4.78 is 3.82. The van der Waals surface area contributed by atoms with Crippen molar-refractivity contribution in [3.63, 3.8) is 0 Å². The first kappa shape index (κ1) is 17.0. The summed E-state index contributed by atoms with van der Waals surface area (Å²) in [5, 5.41) is 20.2. The summed E-state index contributed by atoms with van der Waals surface area (Å²) in [6.07, 6.45) is 5.43. The number of pyridine rings is 1. The maximum absolute atomic E-state index is 4.80. The molecular formula is C20H19N7S. The van der Waals surface area contributed by atoms with Crippen molar-refractivity contribution >= 4 is 27.2 Å². The number of benzene rings is 1. The van der Waals surface area contributed by atoms with Crippen molar-refractivity contribution in [1.82, 2.24) is 34.6 Å². The highest BCUT2D eigenvalue weighted by Crippen LogP contribution is 2.29. The van der Waals surface area contributed by atoms with E-state index in [1.165, 1.54) is 0 Å². The van der Waals surface area contributed by atoms with Gasteiger partial charge in [-0.1, -0.05) is 30.4 Å². The standard InChI is InChI=1S/C20H19N7S/c1-3-16-15(12-26(4-2)24-16)19-25-27-18(22-23-20(27)28-19)11-13-7-8-17-14(10-13)6-5-9-21-17/h5-10,12H,3-4,11H2,1-2H3. The molecule has 0 N–H and O–H groups in total. The highest BCUT2D eigenvalue weighted by atomic mass is 32.1. The lowest BCUT2D eigenvalue weighted by Gasteiger charge is -2.01. The molecule has 0 spiro atoms. The second-order valence-corrected chi connectivity index (χ2v) is 7.58. The number of hydrogen-bond acceptors (Lipinski definition) is 6. The molecular weight excluding hydrogens is 370 g/mol. The van der Waals surface area contributed by atoms with Crippen LogP contribution in [0.4, 0.5) is 0 Å². The Labute approximate surface area is 165 Å². The van der Waals surface area contributed by atoms with Crippen LogP contribution in [0.1, 0.15) is 30.9 Å². The molecule has 7 nitrogen and oxygen atoms in total. The fraction of sp³-hybridized carbons (Fsp3) is 0.250. The predicted molar refractivity (Wildman–Crippen MR) is 109 cm³/mol. The van der Waals surface area contributed by atoms with Crippen LogP contribution in [0.25, 0.3) is 26.4 Å². The molecule has 0 saturated carbocycles. The van der Waals surface area contributed by atoms with Crippen LogP contribution >= 0.6 is 11.3 Å². The molecule has 4 aromatic heterocycles. The number of rotatable bonds is 5. The highest BCUT2D eigenvalue weighted by molar-refractivity contribution is 7.19. The normalized spacial score (nSPS) is 11.6. The summed E-state index contributed by atoms with van der Waals surface area (Å²) in [6, 6.07) is 10.3. The van der Waals surface area contributed by atoms with Crippen molar-refractivity contribution in [2.75, 3.05) is 0 Å². The molecule has 0 aliphatic carbocycles. The van der Waals surface area contributed by atoms with E-state index in [-0.39, 0.29) is 0 Å². The second kappa shape index (κ2) is 6.79. The van der Waals surface area contributed by atoms with E-state index in [1.54, 1.807) is 11.3 Å². The van der Waals surface area contributed by atoms with Crippen molar-refractivity contribution in [3.8, 4) is 10.6 Å². The molecule has 0 atom stereocenters. The van der Waals surface area contributed by atoms with Gasteiger partial charge in [-0.3, -0.25) is 9.67 Å². The van der Waals surface area contributed by atoms with E-state index in [9.17, 15) is 0 Å². The summed E-state index contributed by atoms with van der Waals surface area (Å²) in [5.74, 6) is 0.835. The van der Waals surface area contributed by atoms with Crippen LogP contribution in [-0.2, 0) is 19.4 Å². The fourth-order valence-electron chi connectivity index (χ4n) is 3.36. The van der Waals surface area contributed by atoms with Crippen molar-refractivity contribution in [1.29, 1.82) is 0 Å². The van der Waals surface area contributed by atoms with E-state index < -0.39 is 0 Å². The smallest absolute Gasteiger partial charge is 0.234 e. The SMILES string of the molecule is CCc1nn(CC)cc1-c1nn2c(Cc3ccc4ncccc4c3)nnc2s1. The maximum Gasteiger partial charge on any atom is 0.234 e.